The van der Waals surface area contributed by atoms with E-state index in [-0.39, 0.29) is 6.04 Å². The Bertz CT molecular complexity index is 474. The lowest BCUT2D eigenvalue weighted by molar-refractivity contribution is -0.0130. The van der Waals surface area contributed by atoms with Crippen LogP contribution < -0.4 is 4.74 Å². The monoisotopic (exact) mass is 275 g/mol. The number of nitrogens with zero attached hydrogens (tertiary/aromatic N) is 1. The fraction of sp³-hybridized carbons (Fsp3) is 0.647. The summed E-state index contributed by atoms with van der Waals surface area (Å²) in [5.74, 6) is 1.64. The van der Waals surface area contributed by atoms with Gasteiger partial charge in [-0.3, -0.25) is 4.90 Å². The average molecular weight is 275 g/mol. The largest absolute Gasteiger partial charge is 0.491 e. The molecular weight excluding hydrogens is 250 g/mol. The lowest BCUT2D eigenvalue weighted by Crippen LogP contribution is -2.49. The van der Waals surface area contributed by atoms with Crippen LogP contribution in [-0.2, 0) is 6.42 Å². The topological polar surface area (TPSA) is 32.7 Å². The molecule has 0 spiro atoms. The maximum absolute atomic E-state index is 10.8. The number of fused-ring (bicyclic) bond motifs is 1. The van der Waals surface area contributed by atoms with Crippen LogP contribution >= 0.6 is 0 Å². The summed E-state index contributed by atoms with van der Waals surface area (Å²) in [5.41, 5.74) is 2.17. The second kappa shape index (κ2) is 5.74. The average Bonchev–Trinajstić information content (AvgIpc) is 2.47. The molecule has 0 amide bonds. The van der Waals surface area contributed by atoms with Gasteiger partial charge in [-0.1, -0.05) is 32.0 Å². The van der Waals surface area contributed by atoms with Crippen LogP contribution in [0.4, 0.5) is 0 Å². The molecule has 0 aliphatic carbocycles. The first-order valence-corrected chi connectivity index (χ1v) is 7.87. The van der Waals surface area contributed by atoms with Gasteiger partial charge in [0.05, 0.1) is 6.04 Å². The number of piperidine rings is 1. The van der Waals surface area contributed by atoms with Gasteiger partial charge in [0.2, 0.25) is 0 Å². The Labute approximate surface area is 121 Å². The Hall–Kier alpha value is -1.06. The molecule has 3 unspecified atom stereocenters. The summed E-state index contributed by atoms with van der Waals surface area (Å²) in [5, 5.41) is 10.8. The van der Waals surface area contributed by atoms with E-state index in [4.69, 9.17) is 4.74 Å². The van der Waals surface area contributed by atoms with E-state index in [1.165, 1.54) is 18.4 Å². The van der Waals surface area contributed by atoms with Crippen molar-refractivity contribution in [3.8, 4) is 5.75 Å². The lowest BCUT2D eigenvalue weighted by Gasteiger charge is -2.42. The minimum Gasteiger partial charge on any atom is -0.491 e. The van der Waals surface area contributed by atoms with E-state index >= 15 is 0 Å². The lowest BCUT2D eigenvalue weighted by atomic mass is 9.92. The highest BCUT2D eigenvalue weighted by Crippen LogP contribution is 2.37. The zero-order valence-corrected chi connectivity index (χ0v) is 12.5. The summed E-state index contributed by atoms with van der Waals surface area (Å²) in [6, 6.07) is 6.25. The van der Waals surface area contributed by atoms with Crippen molar-refractivity contribution in [3.05, 3.63) is 29.3 Å². The molecule has 0 saturated carbocycles. The van der Waals surface area contributed by atoms with E-state index in [2.05, 4.69) is 24.8 Å². The molecule has 2 heterocycles. The molecule has 110 valence electrons. The van der Waals surface area contributed by atoms with E-state index in [9.17, 15) is 5.11 Å². The van der Waals surface area contributed by atoms with E-state index in [1.54, 1.807) is 0 Å². The van der Waals surface area contributed by atoms with Gasteiger partial charge in [-0.25, -0.2) is 0 Å². The molecule has 3 heteroatoms. The summed E-state index contributed by atoms with van der Waals surface area (Å²) >= 11 is 0. The van der Waals surface area contributed by atoms with Crippen molar-refractivity contribution in [3.63, 3.8) is 0 Å². The molecule has 20 heavy (non-hydrogen) atoms. The van der Waals surface area contributed by atoms with Crippen molar-refractivity contribution in [1.29, 1.82) is 0 Å². The summed E-state index contributed by atoms with van der Waals surface area (Å²) < 4.78 is 6.02. The molecule has 3 atom stereocenters. The number of benzene rings is 1. The normalized spacial score (nSPS) is 30.6. The molecule has 3 rings (SSSR count). The van der Waals surface area contributed by atoms with Gasteiger partial charge in [0, 0.05) is 12.1 Å². The molecule has 1 fully saturated rings. The van der Waals surface area contributed by atoms with Crippen molar-refractivity contribution in [2.24, 2.45) is 5.92 Å². The summed E-state index contributed by atoms with van der Waals surface area (Å²) in [4.78, 5) is 2.42. The number of likely N-dealkylation sites (tertiary alicyclic amines) is 1. The predicted molar refractivity (Wildman–Crippen MR) is 80.0 cm³/mol. The summed E-state index contributed by atoms with van der Waals surface area (Å²) in [6.07, 6.45) is 3.06. The molecular formula is C17H25NO2. The zero-order chi connectivity index (χ0) is 14.1. The van der Waals surface area contributed by atoms with Crippen molar-refractivity contribution in [1.82, 2.24) is 4.90 Å². The van der Waals surface area contributed by atoms with Gasteiger partial charge in [0.1, 0.15) is 18.5 Å². The van der Waals surface area contributed by atoms with Crippen LogP contribution in [-0.4, -0.2) is 35.7 Å². The van der Waals surface area contributed by atoms with E-state index in [1.807, 2.05) is 12.1 Å². The third-order valence-electron chi connectivity index (χ3n) is 4.75. The fourth-order valence-electron chi connectivity index (χ4n) is 3.59. The first-order chi connectivity index (χ1) is 9.70. The Morgan fingerprint density at radius 2 is 2.25 bits per heavy atom. The van der Waals surface area contributed by atoms with Crippen LogP contribution in [0.15, 0.2) is 18.2 Å². The standard InChI is InChI=1S/C17H25NO2/c1-3-13-7-4-8-14-16(19)15(11-20-17(13)14)18-9-5-6-12(2)10-18/h4,7-8,12,15-16,19H,3,5-6,9-11H2,1-2H3. The molecule has 2 aliphatic rings. The van der Waals surface area contributed by atoms with Crippen LogP contribution in [0.2, 0.25) is 0 Å². The summed E-state index contributed by atoms with van der Waals surface area (Å²) in [6.45, 7) is 7.19. The fourth-order valence-corrected chi connectivity index (χ4v) is 3.59. The molecule has 1 saturated heterocycles. The van der Waals surface area contributed by atoms with Gasteiger partial charge in [-0.2, -0.15) is 0 Å². The molecule has 0 radical (unpaired) electrons. The van der Waals surface area contributed by atoms with Crippen LogP contribution in [0, 0.1) is 5.92 Å². The number of hydrogen-bond acceptors (Lipinski definition) is 3. The quantitative estimate of drug-likeness (QED) is 0.901. The van der Waals surface area contributed by atoms with Gasteiger partial charge in [0.15, 0.2) is 0 Å². The molecule has 1 N–H and O–H groups in total. The Kier molecular flexibility index (Phi) is 3.99. The van der Waals surface area contributed by atoms with Crippen molar-refractivity contribution < 1.29 is 9.84 Å². The maximum atomic E-state index is 10.8. The first kappa shape index (κ1) is 13.9. The predicted octanol–water partition coefficient (Wildman–Crippen LogP) is 2.78. The number of aryl methyl sites for hydroxylation is 1. The zero-order valence-electron chi connectivity index (χ0n) is 12.5. The number of ether oxygens (including phenoxy) is 1. The molecule has 1 aromatic rings. The third kappa shape index (κ3) is 2.45. The van der Waals surface area contributed by atoms with Gasteiger partial charge in [0.25, 0.3) is 0 Å². The Morgan fingerprint density at radius 3 is 3.00 bits per heavy atom. The van der Waals surface area contributed by atoms with Crippen LogP contribution in [0.3, 0.4) is 0 Å². The van der Waals surface area contributed by atoms with E-state index in [0.717, 1.165) is 36.7 Å². The van der Waals surface area contributed by atoms with Crippen molar-refractivity contribution in [2.45, 2.75) is 45.3 Å². The second-order valence-electron chi connectivity index (χ2n) is 6.25. The minimum atomic E-state index is -0.421. The SMILES string of the molecule is CCc1cccc2c1OCC(N1CCCC(C)C1)C2O. The Morgan fingerprint density at radius 1 is 1.40 bits per heavy atom. The van der Waals surface area contributed by atoms with Gasteiger partial charge < -0.3 is 9.84 Å². The van der Waals surface area contributed by atoms with E-state index in [0.29, 0.717) is 6.61 Å². The number of aliphatic hydroxyl groups excluding tert-OH is 1. The van der Waals surface area contributed by atoms with Gasteiger partial charge >= 0.3 is 0 Å². The molecule has 3 nitrogen and oxygen atoms in total. The second-order valence-corrected chi connectivity index (χ2v) is 6.25. The summed E-state index contributed by atoms with van der Waals surface area (Å²) in [7, 11) is 0. The number of hydrogen-bond donors (Lipinski definition) is 1. The number of para-hydroxylation sites is 1. The molecule has 2 aliphatic heterocycles. The highest BCUT2D eigenvalue weighted by atomic mass is 16.5. The highest BCUT2D eigenvalue weighted by Gasteiger charge is 2.35. The smallest absolute Gasteiger partial charge is 0.128 e. The first-order valence-electron chi connectivity index (χ1n) is 7.87. The molecule has 0 bridgehead atoms. The molecule has 1 aromatic carbocycles. The maximum Gasteiger partial charge on any atom is 0.128 e. The van der Waals surface area contributed by atoms with Crippen LogP contribution in [0.25, 0.3) is 0 Å². The van der Waals surface area contributed by atoms with Gasteiger partial charge in [-0.15, -0.1) is 0 Å². The van der Waals surface area contributed by atoms with Gasteiger partial charge in [-0.05, 0) is 37.3 Å². The number of aliphatic hydroxyl groups is 1. The van der Waals surface area contributed by atoms with E-state index < -0.39 is 6.10 Å². The van der Waals surface area contributed by atoms with Crippen LogP contribution in [0.1, 0.15) is 43.9 Å². The molecule has 0 aromatic heterocycles. The van der Waals surface area contributed by atoms with Crippen molar-refractivity contribution in [2.75, 3.05) is 19.7 Å². The van der Waals surface area contributed by atoms with Crippen LogP contribution in [0.5, 0.6) is 5.75 Å². The third-order valence-corrected chi connectivity index (χ3v) is 4.75. The Balaban J connectivity index is 1.83. The minimum absolute atomic E-state index is 0.109. The number of rotatable bonds is 2. The highest BCUT2D eigenvalue weighted by molar-refractivity contribution is 5.44. The van der Waals surface area contributed by atoms with Crippen molar-refractivity contribution >= 4 is 0 Å².